The fourth-order valence-electron chi connectivity index (χ4n) is 2.35. The minimum absolute atomic E-state index is 0.0670. The summed E-state index contributed by atoms with van der Waals surface area (Å²) in [5.74, 6) is 0.126. The van der Waals surface area contributed by atoms with E-state index in [2.05, 4.69) is 10.2 Å². The number of nitrogens with one attached hydrogen (secondary N) is 1. The predicted octanol–water partition coefficient (Wildman–Crippen LogP) is 0.738. The number of hydrogen-bond acceptors (Lipinski definition) is 5. The molecule has 1 N–H and O–H groups in total. The van der Waals surface area contributed by atoms with E-state index in [1.165, 1.54) is 4.90 Å². The van der Waals surface area contributed by atoms with E-state index in [1.807, 2.05) is 0 Å². The molecular weight excluding hydrogens is 278 g/mol. The average molecular weight is 301 g/mol. The maximum atomic E-state index is 11.6. The molecule has 0 atom stereocenters. The van der Waals surface area contributed by atoms with Crippen LogP contribution in [0.15, 0.2) is 0 Å². The van der Waals surface area contributed by atoms with Crippen LogP contribution < -0.4 is 5.32 Å². The van der Waals surface area contributed by atoms with E-state index in [9.17, 15) is 19.7 Å². The molecule has 0 aromatic rings. The van der Waals surface area contributed by atoms with Gasteiger partial charge in [0.2, 0.25) is 11.8 Å². The zero-order valence-electron chi connectivity index (χ0n) is 12.5. The van der Waals surface area contributed by atoms with Crippen molar-refractivity contribution in [3.05, 3.63) is 10.1 Å². The van der Waals surface area contributed by atoms with E-state index in [-0.39, 0.29) is 30.8 Å². The molecule has 2 amide bonds. The maximum Gasteiger partial charge on any atom is 0.294 e. The summed E-state index contributed by atoms with van der Waals surface area (Å²) in [5, 5.41) is 12.3. The third kappa shape index (κ3) is 6.92. The van der Waals surface area contributed by atoms with Gasteiger partial charge in [-0.2, -0.15) is 0 Å². The summed E-state index contributed by atoms with van der Waals surface area (Å²) in [6, 6.07) is 0. The fraction of sp³-hybridized carbons (Fsp3) is 0.846. The van der Waals surface area contributed by atoms with E-state index in [4.69, 9.17) is 0 Å². The van der Waals surface area contributed by atoms with Crippen molar-refractivity contribution < 1.29 is 19.5 Å². The van der Waals surface area contributed by atoms with Gasteiger partial charge in [-0.1, -0.05) is 0 Å². The lowest BCUT2D eigenvalue weighted by Crippen LogP contribution is -2.33. The van der Waals surface area contributed by atoms with Gasteiger partial charge in [0, 0.05) is 33.5 Å². The Hall–Kier alpha value is -1.86. The van der Waals surface area contributed by atoms with Gasteiger partial charge in [-0.3, -0.25) is 9.59 Å². The Morgan fingerprint density at radius 3 is 2.38 bits per heavy atom. The molecule has 0 aromatic carbocycles. The predicted molar refractivity (Wildman–Crippen MR) is 74.8 cm³/mol. The molecule has 0 aromatic heterocycles. The molecule has 0 saturated heterocycles. The average Bonchev–Trinajstić information content (AvgIpc) is 2.43. The van der Waals surface area contributed by atoms with Gasteiger partial charge >= 0.3 is 0 Å². The Morgan fingerprint density at radius 2 is 1.86 bits per heavy atom. The second-order valence-electron chi connectivity index (χ2n) is 5.56. The van der Waals surface area contributed by atoms with Crippen LogP contribution in [-0.2, 0) is 14.4 Å². The lowest BCUT2D eigenvalue weighted by molar-refractivity contribution is -0.769. The Morgan fingerprint density at radius 1 is 1.24 bits per heavy atom. The van der Waals surface area contributed by atoms with Crippen LogP contribution in [0.2, 0.25) is 0 Å². The number of rotatable bonds is 7. The van der Waals surface area contributed by atoms with E-state index < -0.39 is 5.09 Å². The molecule has 0 spiro atoms. The van der Waals surface area contributed by atoms with Gasteiger partial charge in [0.1, 0.15) is 6.10 Å². The topological polar surface area (TPSA) is 102 Å². The van der Waals surface area contributed by atoms with Gasteiger partial charge in [-0.25, -0.2) is 0 Å². The van der Waals surface area contributed by atoms with Crippen molar-refractivity contribution in [2.24, 2.45) is 5.92 Å². The first-order valence-corrected chi connectivity index (χ1v) is 7.16. The summed E-state index contributed by atoms with van der Waals surface area (Å²) in [7, 11) is 3.32. The smallest absolute Gasteiger partial charge is 0.294 e. The molecule has 1 aliphatic rings. The van der Waals surface area contributed by atoms with E-state index >= 15 is 0 Å². The normalized spacial score (nSPS) is 21.4. The lowest BCUT2D eigenvalue weighted by Gasteiger charge is -2.27. The second kappa shape index (κ2) is 8.43. The molecule has 8 heteroatoms. The third-order valence-corrected chi connectivity index (χ3v) is 3.68. The molecular formula is C13H23N3O5. The van der Waals surface area contributed by atoms with Crippen molar-refractivity contribution in [3.63, 3.8) is 0 Å². The molecule has 120 valence electrons. The van der Waals surface area contributed by atoms with Crippen molar-refractivity contribution in [1.82, 2.24) is 10.2 Å². The van der Waals surface area contributed by atoms with Gasteiger partial charge < -0.3 is 15.1 Å². The second-order valence-corrected chi connectivity index (χ2v) is 5.56. The SMILES string of the molecule is CN(C)C(=O)CCC(=O)NCC1CCC(O[N+](=O)[O-])CC1. The van der Waals surface area contributed by atoms with Crippen LogP contribution in [0.25, 0.3) is 0 Å². The third-order valence-electron chi connectivity index (χ3n) is 3.68. The van der Waals surface area contributed by atoms with Crippen LogP contribution in [0.3, 0.4) is 0 Å². The molecule has 8 nitrogen and oxygen atoms in total. The number of carbonyl (C=O) groups excluding carboxylic acids is 2. The zero-order chi connectivity index (χ0) is 15.8. The molecule has 1 saturated carbocycles. The van der Waals surface area contributed by atoms with Crippen molar-refractivity contribution >= 4 is 11.8 Å². The number of nitrogens with zero attached hydrogens (tertiary/aromatic N) is 2. The van der Waals surface area contributed by atoms with Crippen LogP contribution in [0.4, 0.5) is 0 Å². The molecule has 0 unspecified atom stereocenters. The van der Waals surface area contributed by atoms with Crippen molar-refractivity contribution in [1.29, 1.82) is 0 Å². The first-order chi connectivity index (χ1) is 9.88. The Bertz CT molecular complexity index is 378. The molecule has 1 aliphatic carbocycles. The van der Waals surface area contributed by atoms with E-state index in [0.717, 1.165) is 12.8 Å². The summed E-state index contributed by atoms with van der Waals surface area (Å²) in [6.07, 6.45) is 2.97. The summed E-state index contributed by atoms with van der Waals surface area (Å²) in [5.41, 5.74) is 0. The highest BCUT2D eigenvalue weighted by Crippen LogP contribution is 2.25. The first-order valence-electron chi connectivity index (χ1n) is 7.16. The van der Waals surface area contributed by atoms with E-state index in [1.54, 1.807) is 14.1 Å². The van der Waals surface area contributed by atoms with Crippen molar-refractivity contribution in [2.45, 2.75) is 44.6 Å². The van der Waals surface area contributed by atoms with Gasteiger partial charge in [0.25, 0.3) is 5.09 Å². The van der Waals surface area contributed by atoms with Gasteiger partial charge in [0.05, 0.1) is 0 Å². The monoisotopic (exact) mass is 301 g/mol. The minimum atomic E-state index is -0.742. The van der Waals surface area contributed by atoms with Crippen LogP contribution >= 0.6 is 0 Å². The lowest BCUT2D eigenvalue weighted by atomic mass is 9.87. The quantitative estimate of drug-likeness (QED) is 0.552. The molecule has 0 radical (unpaired) electrons. The van der Waals surface area contributed by atoms with Crippen molar-refractivity contribution in [2.75, 3.05) is 20.6 Å². The highest BCUT2D eigenvalue weighted by atomic mass is 17.0. The van der Waals surface area contributed by atoms with Gasteiger partial charge in [-0.15, -0.1) is 10.1 Å². The Kier molecular flexibility index (Phi) is 6.90. The van der Waals surface area contributed by atoms with Crippen LogP contribution in [0.5, 0.6) is 0 Å². The highest BCUT2D eigenvalue weighted by Gasteiger charge is 2.23. The molecule has 1 fully saturated rings. The molecule has 21 heavy (non-hydrogen) atoms. The zero-order valence-corrected chi connectivity index (χ0v) is 12.5. The molecule has 0 heterocycles. The summed E-state index contributed by atoms with van der Waals surface area (Å²) in [6.45, 7) is 0.556. The first kappa shape index (κ1) is 17.2. The summed E-state index contributed by atoms with van der Waals surface area (Å²) < 4.78 is 0. The van der Waals surface area contributed by atoms with Crippen LogP contribution in [-0.4, -0.2) is 48.5 Å². The summed E-state index contributed by atoms with van der Waals surface area (Å²) in [4.78, 5) is 39.2. The van der Waals surface area contributed by atoms with Crippen molar-refractivity contribution in [3.8, 4) is 0 Å². The Labute approximate surface area is 123 Å². The Balaban J connectivity index is 2.14. The van der Waals surface area contributed by atoms with Gasteiger partial charge in [0.15, 0.2) is 0 Å². The standard InChI is InChI=1S/C13H23N3O5/c1-15(2)13(18)8-7-12(17)14-9-10-3-5-11(6-4-10)21-16(19)20/h10-11H,3-9H2,1-2H3,(H,14,17). The maximum absolute atomic E-state index is 11.6. The van der Waals surface area contributed by atoms with E-state index in [0.29, 0.717) is 25.3 Å². The number of amides is 2. The van der Waals surface area contributed by atoms with Crippen LogP contribution in [0, 0.1) is 16.0 Å². The largest absolute Gasteiger partial charge is 0.356 e. The number of carbonyl (C=O) groups is 2. The number of hydrogen-bond donors (Lipinski definition) is 1. The van der Waals surface area contributed by atoms with Crippen LogP contribution in [0.1, 0.15) is 38.5 Å². The fourth-order valence-corrected chi connectivity index (χ4v) is 2.35. The molecule has 0 bridgehead atoms. The summed E-state index contributed by atoms with van der Waals surface area (Å²) >= 11 is 0. The molecule has 0 aliphatic heterocycles. The minimum Gasteiger partial charge on any atom is -0.356 e. The molecule has 1 rings (SSSR count). The van der Waals surface area contributed by atoms with Gasteiger partial charge in [-0.05, 0) is 31.6 Å². The highest BCUT2D eigenvalue weighted by molar-refractivity contribution is 5.83.